The lowest BCUT2D eigenvalue weighted by Crippen LogP contribution is -2.43. The van der Waals surface area contributed by atoms with E-state index in [2.05, 4.69) is 15.7 Å². The number of hydrogen-bond donors (Lipinski definition) is 3. The van der Waals surface area contributed by atoms with E-state index in [9.17, 15) is 13.2 Å². The van der Waals surface area contributed by atoms with E-state index in [0.717, 1.165) is 5.69 Å². The van der Waals surface area contributed by atoms with Crippen LogP contribution < -0.4 is 16.6 Å². The number of aromatic nitrogens is 1. The first-order valence-corrected chi connectivity index (χ1v) is 8.74. The smallest absolute Gasteiger partial charge is 0.251 e. The molecule has 1 fully saturated rings. The van der Waals surface area contributed by atoms with E-state index in [0.29, 0.717) is 30.6 Å². The summed E-state index contributed by atoms with van der Waals surface area (Å²) in [4.78, 5) is 16.5. The number of amides is 1. The molecule has 7 nitrogen and oxygen atoms in total. The third-order valence-corrected chi connectivity index (χ3v) is 5.27. The fraction of sp³-hybridized carbons (Fsp3) is 0.538. The molecule has 1 aliphatic rings. The van der Waals surface area contributed by atoms with Crippen LogP contribution in [0.1, 0.15) is 35.8 Å². The van der Waals surface area contributed by atoms with Gasteiger partial charge in [0.1, 0.15) is 5.82 Å². The number of carbonyl (C=O) groups excluding carboxylic acids is 1. The summed E-state index contributed by atoms with van der Waals surface area (Å²) < 4.78 is 23.2. The van der Waals surface area contributed by atoms with Gasteiger partial charge in [-0.05, 0) is 31.4 Å². The first-order valence-electron chi connectivity index (χ1n) is 6.92. The van der Waals surface area contributed by atoms with Crippen molar-refractivity contribution in [2.45, 2.75) is 32.2 Å². The van der Waals surface area contributed by atoms with E-state index in [1.807, 2.05) is 6.92 Å². The summed E-state index contributed by atoms with van der Waals surface area (Å²) in [5, 5.41) is 2.78. The summed E-state index contributed by atoms with van der Waals surface area (Å²) in [6.45, 7) is 1.93. The van der Waals surface area contributed by atoms with Crippen LogP contribution in [0.2, 0.25) is 0 Å². The molecule has 1 atom stereocenters. The van der Waals surface area contributed by atoms with Crippen molar-refractivity contribution in [1.29, 1.82) is 0 Å². The Kier molecular flexibility index (Phi) is 4.79. The number of hydrogen-bond acceptors (Lipinski definition) is 6. The molecule has 0 bridgehead atoms. The van der Waals surface area contributed by atoms with Gasteiger partial charge in [-0.2, -0.15) is 0 Å². The molecule has 2 rings (SSSR count). The lowest BCUT2D eigenvalue weighted by atomic mass is 10.1. The Balaban J connectivity index is 2.13. The van der Waals surface area contributed by atoms with Gasteiger partial charge in [-0.15, -0.1) is 0 Å². The SMILES string of the molecule is CCc1cc(C(=O)NC2CCCS(=O)(=O)C2)cc(NN)n1. The van der Waals surface area contributed by atoms with Gasteiger partial charge in [-0.25, -0.2) is 19.2 Å². The van der Waals surface area contributed by atoms with Gasteiger partial charge in [-0.1, -0.05) is 6.92 Å². The highest BCUT2D eigenvalue weighted by molar-refractivity contribution is 7.91. The highest BCUT2D eigenvalue weighted by Crippen LogP contribution is 2.14. The van der Waals surface area contributed by atoms with Crippen molar-refractivity contribution in [3.8, 4) is 0 Å². The number of rotatable bonds is 4. The number of hydrazine groups is 1. The van der Waals surface area contributed by atoms with Crippen molar-refractivity contribution in [2.75, 3.05) is 16.9 Å². The highest BCUT2D eigenvalue weighted by Gasteiger charge is 2.26. The molecule has 1 aromatic rings. The molecule has 116 valence electrons. The monoisotopic (exact) mass is 312 g/mol. The topological polar surface area (TPSA) is 114 Å². The number of nitrogens with two attached hydrogens (primary N) is 1. The standard InChI is InChI=1S/C13H20N4O3S/c1-2-10-6-9(7-12(15-10)17-14)13(18)16-11-4-3-5-21(19,20)8-11/h6-7,11H,2-5,8,14H2,1H3,(H,15,17)(H,16,18). The largest absolute Gasteiger partial charge is 0.348 e. The predicted octanol–water partition coefficient (Wildman–Crippen LogP) is 0.237. The molecule has 1 unspecified atom stereocenters. The first kappa shape index (κ1) is 15.7. The van der Waals surface area contributed by atoms with Gasteiger partial charge in [0.15, 0.2) is 9.84 Å². The van der Waals surface area contributed by atoms with Crippen LogP contribution in [0.3, 0.4) is 0 Å². The van der Waals surface area contributed by atoms with E-state index in [1.54, 1.807) is 12.1 Å². The van der Waals surface area contributed by atoms with Crippen LogP contribution in [0.15, 0.2) is 12.1 Å². The Morgan fingerprint density at radius 2 is 2.24 bits per heavy atom. The van der Waals surface area contributed by atoms with Crippen molar-refractivity contribution < 1.29 is 13.2 Å². The molecule has 4 N–H and O–H groups in total. The van der Waals surface area contributed by atoms with Crippen molar-refractivity contribution in [1.82, 2.24) is 10.3 Å². The van der Waals surface area contributed by atoms with Crippen LogP contribution in [0, 0.1) is 0 Å². The molecule has 1 saturated heterocycles. The summed E-state index contributed by atoms with van der Waals surface area (Å²) in [6.07, 6.45) is 1.94. The molecule has 0 saturated carbocycles. The van der Waals surface area contributed by atoms with Gasteiger partial charge >= 0.3 is 0 Å². The van der Waals surface area contributed by atoms with E-state index in [4.69, 9.17) is 5.84 Å². The number of aryl methyl sites for hydroxylation is 1. The van der Waals surface area contributed by atoms with Gasteiger partial charge in [0.05, 0.1) is 11.5 Å². The van der Waals surface area contributed by atoms with Crippen molar-refractivity contribution >= 4 is 21.6 Å². The summed E-state index contributed by atoms with van der Waals surface area (Å²) in [6, 6.07) is 2.91. The molecule has 21 heavy (non-hydrogen) atoms. The fourth-order valence-electron chi connectivity index (χ4n) is 2.38. The molecule has 0 radical (unpaired) electrons. The second-order valence-corrected chi connectivity index (χ2v) is 7.39. The second kappa shape index (κ2) is 6.40. The molecule has 0 aliphatic carbocycles. The molecule has 0 aromatic carbocycles. The van der Waals surface area contributed by atoms with Gasteiger partial charge in [-0.3, -0.25) is 4.79 Å². The third kappa shape index (κ3) is 4.15. The molecule has 8 heteroatoms. The van der Waals surface area contributed by atoms with Crippen molar-refractivity contribution in [2.24, 2.45) is 5.84 Å². The summed E-state index contributed by atoms with van der Waals surface area (Å²) >= 11 is 0. The number of sulfone groups is 1. The highest BCUT2D eigenvalue weighted by atomic mass is 32.2. The normalized spacial score (nSPS) is 20.8. The maximum absolute atomic E-state index is 12.3. The van der Waals surface area contributed by atoms with Crippen LogP contribution in [0.4, 0.5) is 5.82 Å². The average Bonchev–Trinajstić information content (AvgIpc) is 2.45. The average molecular weight is 312 g/mol. The molecule has 1 amide bonds. The molecule has 1 aromatic heterocycles. The second-order valence-electron chi connectivity index (χ2n) is 5.16. The quantitative estimate of drug-likeness (QED) is 0.542. The van der Waals surface area contributed by atoms with Gasteiger partial charge in [0.2, 0.25) is 0 Å². The molecular formula is C13H20N4O3S. The number of nitrogens with one attached hydrogen (secondary N) is 2. The van der Waals surface area contributed by atoms with Gasteiger partial charge in [0.25, 0.3) is 5.91 Å². The summed E-state index contributed by atoms with van der Waals surface area (Å²) in [7, 11) is -3.04. The van der Waals surface area contributed by atoms with Crippen molar-refractivity contribution in [3.05, 3.63) is 23.4 Å². The first-order chi connectivity index (χ1) is 9.93. The Morgan fingerprint density at radius 1 is 1.48 bits per heavy atom. The lowest BCUT2D eigenvalue weighted by Gasteiger charge is -2.23. The number of pyridine rings is 1. The third-order valence-electron chi connectivity index (χ3n) is 3.45. The lowest BCUT2D eigenvalue weighted by molar-refractivity contribution is 0.0938. The molecule has 0 spiro atoms. The number of carbonyl (C=O) groups is 1. The number of nitrogens with zero attached hydrogens (tertiary/aromatic N) is 1. The molecule has 2 heterocycles. The minimum atomic E-state index is -3.04. The van der Waals surface area contributed by atoms with E-state index in [1.165, 1.54) is 0 Å². The zero-order chi connectivity index (χ0) is 15.5. The van der Waals surface area contributed by atoms with Gasteiger partial charge < -0.3 is 10.7 Å². The Hall–Kier alpha value is -1.67. The number of nitrogen functional groups attached to an aromatic ring is 1. The summed E-state index contributed by atoms with van der Waals surface area (Å²) in [5.41, 5.74) is 3.60. The zero-order valence-corrected chi connectivity index (χ0v) is 12.7. The van der Waals surface area contributed by atoms with Crippen LogP contribution in [-0.2, 0) is 16.3 Å². The minimum Gasteiger partial charge on any atom is -0.348 e. The zero-order valence-electron chi connectivity index (χ0n) is 11.9. The van der Waals surface area contributed by atoms with Crippen LogP contribution in [0.5, 0.6) is 0 Å². The maximum Gasteiger partial charge on any atom is 0.251 e. The predicted molar refractivity (Wildman–Crippen MR) is 80.6 cm³/mol. The van der Waals surface area contributed by atoms with Crippen LogP contribution in [0.25, 0.3) is 0 Å². The fourth-order valence-corrected chi connectivity index (χ4v) is 4.02. The van der Waals surface area contributed by atoms with E-state index >= 15 is 0 Å². The van der Waals surface area contributed by atoms with E-state index < -0.39 is 9.84 Å². The maximum atomic E-state index is 12.3. The minimum absolute atomic E-state index is 0.00640. The number of anilines is 1. The Labute approximate surface area is 124 Å². The Bertz CT molecular complexity index is 608. The molecular weight excluding hydrogens is 292 g/mol. The Morgan fingerprint density at radius 3 is 2.86 bits per heavy atom. The van der Waals surface area contributed by atoms with Crippen LogP contribution >= 0.6 is 0 Å². The van der Waals surface area contributed by atoms with Gasteiger partial charge in [0, 0.05) is 17.3 Å². The van der Waals surface area contributed by atoms with E-state index in [-0.39, 0.29) is 23.5 Å². The van der Waals surface area contributed by atoms with Crippen molar-refractivity contribution in [3.63, 3.8) is 0 Å². The van der Waals surface area contributed by atoms with Crippen LogP contribution in [-0.4, -0.2) is 36.9 Å². The summed E-state index contributed by atoms with van der Waals surface area (Å²) in [5.74, 6) is 5.66. The molecule has 1 aliphatic heterocycles.